The second kappa shape index (κ2) is 19.2. The van der Waals surface area contributed by atoms with Crippen molar-refractivity contribution in [1.82, 2.24) is 10.2 Å². The number of carbonyl (C=O) groups is 4. The molecule has 1 aromatic rings. The largest absolute Gasteiger partial charge is 0.458 e. The average Bonchev–Trinajstić information content (AvgIpc) is 3.51. The lowest BCUT2D eigenvalue weighted by Crippen LogP contribution is -2.61. The van der Waals surface area contributed by atoms with Crippen molar-refractivity contribution in [2.45, 2.75) is 148 Å². The van der Waals surface area contributed by atoms with Gasteiger partial charge in [0.2, 0.25) is 0 Å². The van der Waals surface area contributed by atoms with Crippen LogP contribution in [0.15, 0.2) is 35.5 Å². The number of nitrogens with zero attached hydrogens (tertiary/aromatic N) is 2. The molecule has 15 heteroatoms. The molecule has 0 unspecified atom stereocenters. The van der Waals surface area contributed by atoms with E-state index in [-0.39, 0.29) is 37.6 Å². The minimum atomic E-state index is -1.33. The van der Waals surface area contributed by atoms with Crippen LogP contribution in [-0.2, 0) is 58.8 Å². The van der Waals surface area contributed by atoms with Crippen LogP contribution >= 0.6 is 0 Å². The van der Waals surface area contributed by atoms with Crippen LogP contribution in [0.25, 0.3) is 0 Å². The van der Waals surface area contributed by atoms with Crippen LogP contribution in [0.2, 0.25) is 0 Å². The molecule has 15 nitrogen and oxygen atoms in total. The van der Waals surface area contributed by atoms with E-state index in [4.69, 9.17) is 38.0 Å². The van der Waals surface area contributed by atoms with Crippen molar-refractivity contribution in [3.05, 3.63) is 35.9 Å². The highest BCUT2D eigenvalue weighted by Gasteiger charge is 2.58. The zero-order valence-corrected chi connectivity index (χ0v) is 36.1. The standard InChI is InChI=1S/C43H65N3O12/c1-12-33-43(9)37(44-41(50)58-43)26(4)34(48)24(2)21-42(8)38(57-40-36(55-29(7)47)32(46(10)11)20-25(3)54-40)27(5)35(28(6)39(49)56-33)51-22-31(23-52-42)45-53-19-18-30-16-14-13-15-17-30/h13-17,24-28,32-33,35-38,40H,12,18-23H2,1-11H3,(H,44,50)/b45-31-/t24-,25-,26+,27+,28-,32+,33-,35+,36-,37-,38-,40+,42-,43-/m1/s1. The molecule has 1 amide bonds. The van der Waals surface area contributed by atoms with Gasteiger partial charge >= 0.3 is 18.0 Å². The lowest BCUT2D eigenvalue weighted by molar-refractivity contribution is -0.304. The van der Waals surface area contributed by atoms with Gasteiger partial charge in [-0.25, -0.2) is 4.79 Å². The van der Waals surface area contributed by atoms with Crippen molar-refractivity contribution in [1.29, 1.82) is 0 Å². The topological polar surface area (TPSA) is 170 Å². The van der Waals surface area contributed by atoms with Gasteiger partial charge in [0.05, 0.1) is 55.1 Å². The Kier molecular flexibility index (Phi) is 15.0. The summed E-state index contributed by atoms with van der Waals surface area (Å²) in [6.07, 6.45) is -3.77. The molecule has 2 bridgehead atoms. The number of rotatable bonds is 9. The van der Waals surface area contributed by atoms with E-state index >= 15 is 0 Å². The van der Waals surface area contributed by atoms with E-state index in [1.807, 2.05) is 83.9 Å². The molecule has 58 heavy (non-hydrogen) atoms. The summed E-state index contributed by atoms with van der Waals surface area (Å²) >= 11 is 0. The first-order valence-electron chi connectivity index (χ1n) is 20.7. The zero-order valence-electron chi connectivity index (χ0n) is 36.1. The molecule has 0 radical (unpaired) electrons. The van der Waals surface area contributed by atoms with Crippen LogP contribution in [-0.4, -0.2) is 128 Å². The number of Topliss-reactive ketones (excluding diaryl/α,β-unsaturated/α-hetero) is 1. The number of amides is 1. The summed E-state index contributed by atoms with van der Waals surface area (Å²) in [5.41, 5.74) is -1.06. The normalized spacial score (nSPS) is 39.7. The molecular formula is C43H65N3O12. The Morgan fingerprint density at radius 1 is 1.02 bits per heavy atom. The van der Waals surface area contributed by atoms with E-state index < -0.39 is 89.7 Å². The smallest absolute Gasteiger partial charge is 0.408 e. The second-order valence-corrected chi connectivity index (χ2v) is 17.3. The molecule has 4 saturated heterocycles. The molecule has 0 spiro atoms. The van der Waals surface area contributed by atoms with Crippen LogP contribution in [0, 0.1) is 23.7 Å². The number of fused-ring (bicyclic) bond motifs is 4. The maximum atomic E-state index is 14.6. The van der Waals surface area contributed by atoms with Gasteiger partial charge in [-0.1, -0.05) is 63.2 Å². The molecule has 0 aliphatic carbocycles. The summed E-state index contributed by atoms with van der Waals surface area (Å²) in [6, 6.07) is 8.89. The van der Waals surface area contributed by atoms with Crippen LogP contribution in [0.5, 0.6) is 0 Å². The average molecular weight is 816 g/mol. The Balaban J connectivity index is 1.60. The van der Waals surface area contributed by atoms with E-state index in [0.29, 0.717) is 31.6 Å². The SMILES string of the molecule is CC[C@H]1OC(=O)[C@H](C)[C@H]2OC/C(=N/OCCc3ccccc3)CO[C@](C)(C[C@@H](C)C(=O)[C@H](C)[C@H]3NC(=O)O[C@@]31C)[C@H](O[C@@H]1O[C@H](C)C[C@H](N(C)C)[C@H]1OC(C)=O)[C@H]2C. The van der Waals surface area contributed by atoms with Crippen molar-refractivity contribution in [2.24, 2.45) is 28.8 Å². The summed E-state index contributed by atoms with van der Waals surface area (Å²) in [5, 5.41) is 7.31. The van der Waals surface area contributed by atoms with Crippen molar-refractivity contribution in [3.63, 3.8) is 0 Å². The van der Waals surface area contributed by atoms with Gasteiger partial charge in [0.25, 0.3) is 0 Å². The first kappa shape index (κ1) is 45.5. The number of esters is 2. The van der Waals surface area contributed by atoms with E-state index in [0.717, 1.165) is 5.56 Å². The molecule has 1 N–H and O–H groups in total. The fraction of sp³-hybridized carbons (Fsp3) is 0.744. The Labute approximate surface area is 343 Å². The lowest BCUT2D eigenvalue weighted by Gasteiger charge is -2.49. The number of oxime groups is 1. The third-order valence-electron chi connectivity index (χ3n) is 12.4. The molecule has 1 aromatic carbocycles. The number of hydrogen-bond acceptors (Lipinski definition) is 14. The van der Waals surface area contributed by atoms with Crippen LogP contribution in [0.3, 0.4) is 0 Å². The predicted molar refractivity (Wildman–Crippen MR) is 213 cm³/mol. The summed E-state index contributed by atoms with van der Waals surface area (Å²) in [7, 11) is 3.83. The highest BCUT2D eigenvalue weighted by Crippen LogP contribution is 2.42. The molecule has 5 rings (SSSR count). The van der Waals surface area contributed by atoms with Gasteiger partial charge in [0, 0.05) is 31.1 Å². The Morgan fingerprint density at radius 2 is 1.72 bits per heavy atom. The number of cyclic esters (lactones) is 1. The van der Waals surface area contributed by atoms with Gasteiger partial charge in [-0.15, -0.1) is 0 Å². The summed E-state index contributed by atoms with van der Waals surface area (Å²) in [5.74, 6) is -4.08. The minimum Gasteiger partial charge on any atom is -0.458 e. The number of nitrogens with one attached hydrogen (secondary N) is 1. The summed E-state index contributed by atoms with van der Waals surface area (Å²) < 4.78 is 45.1. The Hall–Kier alpha value is -3.63. The van der Waals surface area contributed by atoms with Gasteiger partial charge in [-0.3, -0.25) is 14.4 Å². The molecule has 324 valence electrons. The molecule has 0 saturated carbocycles. The number of hydrogen-bond donors (Lipinski definition) is 1. The van der Waals surface area contributed by atoms with Gasteiger partial charge in [-0.2, -0.15) is 0 Å². The first-order chi connectivity index (χ1) is 27.4. The van der Waals surface area contributed by atoms with Crippen molar-refractivity contribution in [3.8, 4) is 0 Å². The van der Waals surface area contributed by atoms with Crippen molar-refractivity contribution < 1.29 is 57.2 Å². The van der Waals surface area contributed by atoms with E-state index in [9.17, 15) is 19.2 Å². The number of ether oxygens (including phenoxy) is 7. The van der Waals surface area contributed by atoms with Crippen LogP contribution in [0.1, 0.15) is 87.1 Å². The lowest BCUT2D eigenvalue weighted by atomic mass is 9.73. The fourth-order valence-corrected chi connectivity index (χ4v) is 9.35. The van der Waals surface area contributed by atoms with Gasteiger partial charge < -0.3 is 48.2 Å². The van der Waals surface area contributed by atoms with Gasteiger partial charge in [-0.05, 0) is 66.6 Å². The molecule has 4 aliphatic rings. The summed E-state index contributed by atoms with van der Waals surface area (Å²) in [6.45, 7) is 16.2. The van der Waals surface area contributed by atoms with Crippen LogP contribution in [0.4, 0.5) is 4.79 Å². The molecule has 4 heterocycles. The third kappa shape index (κ3) is 10.2. The van der Waals surface area contributed by atoms with Crippen molar-refractivity contribution >= 4 is 29.5 Å². The molecule has 14 atom stereocenters. The monoisotopic (exact) mass is 815 g/mol. The number of carbonyl (C=O) groups excluding carboxylic acids is 4. The minimum absolute atomic E-state index is 0.0411. The second-order valence-electron chi connectivity index (χ2n) is 17.3. The number of benzene rings is 1. The van der Waals surface area contributed by atoms with Gasteiger partial charge in [0.15, 0.2) is 18.0 Å². The fourth-order valence-electron chi connectivity index (χ4n) is 9.35. The van der Waals surface area contributed by atoms with Crippen molar-refractivity contribution in [2.75, 3.05) is 33.9 Å². The quantitative estimate of drug-likeness (QED) is 0.155. The number of ketones is 1. The molecular weight excluding hydrogens is 750 g/mol. The number of likely N-dealkylation sites (N-methyl/N-ethyl adjacent to an activating group) is 1. The first-order valence-corrected chi connectivity index (χ1v) is 20.7. The number of alkyl carbamates (subject to hydrolysis) is 1. The van der Waals surface area contributed by atoms with E-state index in [1.165, 1.54) is 6.92 Å². The van der Waals surface area contributed by atoms with E-state index in [2.05, 4.69) is 10.5 Å². The maximum absolute atomic E-state index is 14.6. The van der Waals surface area contributed by atoms with Gasteiger partial charge in [0.1, 0.15) is 24.2 Å². The molecule has 4 aliphatic heterocycles. The maximum Gasteiger partial charge on any atom is 0.408 e. The summed E-state index contributed by atoms with van der Waals surface area (Å²) in [4.78, 5) is 62.1. The third-order valence-corrected chi connectivity index (χ3v) is 12.4. The predicted octanol–water partition coefficient (Wildman–Crippen LogP) is 4.86. The highest BCUT2D eigenvalue weighted by atomic mass is 16.7. The highest BCUT2D eigenvalue weighted by molar-refractivity contribution is 5.87. The Morgan fingerprint density at radius 3 is 2.38 bits per heavy atom. The van der Waals surface area contributed by atoms with Crippen LogP contribution < -0.4 is 5.32 Å². The zero-order chi connectivity index (χ0) is 42.5. The Bertz CT molecular complexity index is 1630. The van der Waals surface area contributed by atoms with E-state index in [1.54, 1.807) is 20.8 Å². The molecule has 4 fully saturated rings. The molecule has 0 aromatic heterocycles.